The Morgan fingerprint density at radius 2 is 1.79 bits per heavy atom. The number of hydrogen-bond acceptors (Lipinski definition) is 8. The molecule has 2 heterocycles. The van der Waals surface area contributed by atoms with Crippen LogP contribution in [0.3, 0.4) is 0 Å². The summed E-state index contributed by atoms with van der Waals surface area (Å²) in [6.07, 6.45) is 1.77. The van der Waals surface area contributed by atoms with E-state index in [1.165, 1.54) is 42.0 Å². The van der Waals surface area contributed by atoms with Gasteiger partial charge in [0.05, 0.1) is 41.0 Å². The van der Waals surface area contributed by atoms with Crippen LogP contribution < -0.4 is 4.90 Å². The lowest BCUT2D eigenvalue weighted by atomic mass is 10.1. The summed E-state index contributed by atoms with van der Waals surface area (Å²) in [6.45, 7) is 6.06. The van der Waals surface area contributed by atoms with Gasteiger partial charge in [-0.3, -0.25) is 9.69 Å². The molecule has 4 rings (SSSR count). The van der Waals surface area contributed by atoms with Crippen LogP contribution in [0.5, 0.6) is 0 Å². The number of carbonyl (C=O) groups is 1. The minimum atomic E-state index is -3.79. The zero-order valence-electron chi connectivity index (χ0n) is 22.3. The Morgan fingerprint density at radius 1 is 1.11 bits per heavy atom. The van der Waals surface area contributed by atoms with Crippen LogP contribution in [0, 0.1) is 13.8 Å². The lowest BCUT2D eigenvalue weighted by Gasteiger charge is -2.24. The van der Waals surface area contributed by atoms with E-state index < -0.39 is 10.0 Å². The lowest BCUT2D eigenvalue weighted by Crippen LogP contribution is -2.38. The molecule has 1 saturated heterocycles. The van der Waals surface area contributed by atoms with Crippen LogP contribution in [0.4, 0.5) is 5.13 Å². The van der Waals surface area contributed by atoms with Gasteiger partial charge in [-0.1, -0.05) is 17.4 Å². The largest absolute Gasteiger partial charge is 0.383 e. The minimum absolute atomic E-state index is 0.0661. The molecule has 206 valence electrons. The molecule has 11 heteroatoms. The van der Waals surface area contributed by atoms with Gasteiger partial charge in [-0.15, -0.1) is 0 Å². The number of thiazole rings is 1. The van der Waals surface area contributed by atoms with Gasteiger partial charge < -0.3 is 14.2 Å². The number of amides is 1. The molecule has 1 atom stereocenters. The molecule has 3 aromatic rings. The minimum Gasteiger partial charge on any atom is -0.383 e. The number of nitrogens with zero attached hydrogens (tertiary/aromatic N) is 3. The van der Waals surface area contributed by atoms with E-state index >= 15 is 0 Å². The molecule has 1 aliphatic rings. The Kier molecular flexibility index (Phi) is 9.50. The predicted molar refractivity (Wildman–Crippen MR) is 149 cm³/mol. The zero-order chi connectivity index (χ0) is 27.3. The fourth-order valence-corrected chi connectivity index (χ4v) is 7.08. The number of aryl methyl sites for hydroxylation is 2. The van der Waals surface area contributed by atoms with Gasteiger partial charge in [-0.2, -0.15) is 4.31 Å². The smallest absolute Gasteiger partial charge is 0.260 e. The number of ether oxygens (including phenoxy) is 3. The van der Waals surface area contributed by atoms with E-state index in [1.54, 1.807) is 17.0 Å². The third kappa shape index (κ3) is 6.41. The van der Waals surface area contributed by atoms with Crippen LogP contribution in [0.25, 0.3) is 10.2 Å². The summed E-state index contributed by atoms with van der Waals surface area (Å²) in [5, 5.41) is 0.608. The average Bonchev–Trinajstić information content (AvgIpc) is 3.57. The molecule has 0 spiro atoms. The molecular weight excluding hydrogens is 526 g/mol. The maximum atomic E-state index is 13.8. The lowest BCUT2D eigenvalue weighted by molar-refractivity contribution is 0.0917. The fraction of sp³-hybridized carbons (Fsp3) is 0.481. The number of anilines is 1. The normalized spacial score (nSPS) is 16.0. The number of carbonyl (C=O) groups excluding carboxylic acids is 1. The predicted octanol–water partition coefficient (Wildman–Crippen LogP) is 4.02. The molecule has 1 aliphatic heterocycles. The number of hydrogen-bond donors (Lipinski definition) is 0. The van der Waals surface area contributed by atoms with Crippen molar-refractivity contribution in [2.24, 2.45) is 0 Å². The van der Waals surface area contributed by atoms with Crippen molar-refractivity contribution in [1.82, 2.24) is 9.29 Å². The summed E-state index contributed by atoms with van der Waals surface area (Å²) in [7, 11) is -0.736. The molecule has 9 nitrogen and oxygen atoms in total. The number of sulfonamides is 1. The molecule has 2 aromatic carbocycles. The van der Waals surface area contributed by atoms with Crippen molar-refractivity contribution >= 4 is 42.6 Å². The number of methoxy groups -OCH3 is 2. The molecule has 1 aromatic heterocycles. The molecule has 1 fully saturated rings. The monoisotopic (exact) mass is 561 g/mol. The van der Waals surface area contributed by atoms with Gasteiger partial charge in [0.25, 0.3) is 5.91 Å². The maximum absolute atomic E-state index is 13.8. The van der Waals surface area contributed by atoms with Crippen LogP contribution >= 0.6 is 11.3 Å². The number of aromatic nitrogens is 1. The van der Waals surface area contributed by atoms with Crippen LogP contribution in [0.1, 0.15) is 34.3 Å². The summed E-state index contributed by atoms with van der Waals surface area (Å²) in [4.78, 5) is 20.4. The summed E-state index contributed by atoms with van der Waals surface area (Å²) in [5.41, 5.74) is 3.47. The van der Waals surface area contributed by atoms with E-state index in [4.69, 9.17) is 19.2 Å². The van der Waals surface area contributed by atoms with Crippen molar-refractivity contribution in [3.8, 4) is 0 Å². The van der Waals surface area contributed by atoms with Crippen molar-refractivity contribution in [3.63, 3.8) is 0 Å². The molecular formula is C27H35N3O6S2. The molecule has 1 amide bonds. The Morgan fingerprint density at radius 3 is 2.39 bits per heavy atom. The first kappa shape index (κ1) is 28.6. The van der Waals surface area contributed by atoms with Crippen molar-refractivity contribution < 1.29 is 27.4 Å². The summed E-state index contributed by atoms with van der Waals surface area (Å²) < 4.78 is 44.9. The zero-order valence-corrected chi connectivity index (χ0v) is 23.9. The number of fused-ring (bicyclic) bond motifs is 1. The Labute approximate surface area is 228 Å². The second-order valence-electron chi connectivity index (χ2n) is 9.39. The van der Waals surface area contributed by atoms with E-state index in [1.807, 2.05) is 13.8 Å². The van der Waals surface area contributed by atoms with Crippen LogP contribution in [-0.4, -0.2) is 83.4 Å². The van der Waals surface area contributed by atoms with E-state index in [2.05, 4.69) is 12.1 Å². The van der Waals surface area contributed by atoms with Gasteiger partial charge >= 0.3 is 0 Å². The van der Waals surface area contributed by atoms with E-state index in [-0.39, 0.29) is 43.2 Å². The van der Waals surface area contributed by atoms with Gasteiger partial charge in [-0.05, 0) is 68.1 Å². The standard InChI is InChI=1S/C27H35N3O6S2/c1-19-16-20(2)25-24(17-19)37-27(28-25)30(18-22-6-5-13-36-22)26(31)21-7-9-23(10-8-21)38(32,33)29(11-14-34-3)12-15-35-4/h7-10,16-17,22H,5-6,11-15,18H2,1-4H3. The molecule has 38 heavy (non-hydrogen) atoms. The Balaban J connectivity index is 1.63. The highest BCUT2D eigenvalue weighted by Crippen LogP contribution is 2.33. The highest BCUT2D eigenvalue weighted by atomic mass is 32.2. The SMILES string of the molecule is COCCN(CCOC)S(=O)(=O)c1ccc(C(=O)N(CC2CCCO2)c2nc3c(C)cc(C)cc3s2)cc1. The molecule has 0 radical (unpaired) electrons. The number of benzene rings is 2. The van der Waals surface area contributed by atoms with Crippen molar-refractivity contribution in [2.45, 2.75) is 37.7 Å². The average molecular weight is 562 g/mol. The first-order chi connectivity index (χ1) is 18.2. The highest BCUT2D eigenvalue weighted by Gasteiger charge is 2.29. The van der Waals surface area contributed by atoms with E-state index in [9.17, 15) is 13.2 Å². The first-order valence-corrected chi connectivity index (χ1v) is 14.9. The van der Waals surface area contributed by atoms with Crippen LogP contribution in [0.15, 0.2) is 41.3 Å². The molecule has 1 unspecified atom stereocenters. The maximum Gasteiger partial charge on any atom is 0.260 e. The first-order valence-electron chi connectivity index (χ1n) is 12.6. The second kappa shape index (κ2) is 12.6. The van der Waals surface area contributed by atoms with Crippen molar-refractivity contribution in [2.75, 3.05) is 58.6 Å². The Bertz CT molecular complexity index is 1340. The van der Waals surface area contributed by atoms with Crippen molar-refractivity contribution in [1.29, 1.82) is 0 Å². The third-order valence-electron chi connectivity index (χ3n) is 6.53. The van der Waals surface area contributed by atoms with Gasteiger partial charge in [-0.25, -0.2) is 13.4 Å². The summed E-state index contributed by atoms with van der Waals surface area (Å²) >= 11 is 1.48. The van der Waals surface area contributed by atoms with E-state index in [0.29, 0.717) is 23.8 Å². The van der Waals surface area contributed by atoms with E-state index in [0.717, 1.165) is 34.2 Å². The van der Waals surface area contributed by atoms with Crippen LogP contribution in [0.2, 0.25) is 0 Å². The molecule has 0 saturated carbocycles. The van der Waals surface area contributed by atoms with Gasteiger partial charge in [0.1, 0.15) is 0 Å². The fourth-order valence-electron chi connectivity index (χ4n) is 4.53. The Hall–Kier alpha value is -2.41. The molecule has 0 bridgehead atoms. The van der Waals surface area contributed by atoms with Gasteiger partial charge in [0, 0.05) is 39.5 Å². The topological polar surface area (TPSA) is 98.3 Å². The third-order valence-corrected chi connectivity index (χ3v) is 9.47. The molecule has 0 N–H and O–H groups in total. The second-order valence-corrected chi connectivity index (χ2v) is 12.3. The number of rotatable bonds is 12. The van der Waals surface area contributed by atoms with Gasteiger partial charge in [0.15, 0.2) is 5.13 Å². The quantitative estimate of drug-likeness (QED) is 0.329. The highest BCUT2D eigenvalue weighted by molar-refractivity contribution is 7.89. The van der Waals surface area contributed by atoms with Crippen LogP contribution in [-0.2, 0) is 24.2 Å². The van der Waals surface area contributed by atoms with Crippen molar-refractivity contribution in [3.05, 3.63) is 53.1 Å². The van der Waals surface area contributed by atoms with Gasteiger partial charge in [0.2, 0.25) is 10.0 Å². The molecule has 0 aliphatic carbocycles. The summed E-state index contributed by atoms with van der Waals surface area (Å²) in [5.74, 6) is -0.242. The summed E-state index contributed by atoms with van der Waals surface area (Å²) in [6, 6.07) is 10.2.